The van der Waals surface area contributed by atoms with Crippen LogP contribution in [0.1, 0.15) is 16.2 Å². The number of esters is 1. The lowest BCUT2D eigenvalue weighted by molar-refractivity contribution is 0.0589. The molecule has 1 heterocycles. The minimum absolute atomic E-state index is 0.0759. The zero-order valence-electron chi connectivity index (χ0n) is 7.07. The van der Waals surface area contributed by atoms with Gasteiger partial charge in [0, 0.05) is 12.7 Å². The van der Waals surface area contributed by atoms with E-state index in [1.807, 2.05) is 0 Å². The molecule has 0 unspecified atom stereocenters. The highest BCUT2D eigenvalue weighted by molar-refractivity contribution is 5.87. The van der Waals surface area contributed by atoms with Crippen molar-refractivity contribution in [3.05, 3.63) is 23.5 Å². The first-order valence-electron chi connectivity index (χ1n) is 3.54. The third kappa shape index (κ3) is 1.33. The SMILES string of the molecule is COC(=O)c1ccc(CO)n1C. The minimum atomic E-state index is -0.391. The van der Waals surface area contributed by atoms with Gasteiger partial charge in [-0.1, -0.05) is 0 Å². The highest BCUT2D eigenvalue weighted by Crippen LogP contribution is 2.07. The predicted octanol–water partition coefficient (Wildman–Crippen LogP) is 0.304. The molecule has 1 N–H and O–H groups in total. The Morgan fingerprint density at radius 2 is 2.33 bits per heavy atom. The Balaban J connectivity index is 3.02. The van der Waals surface area contributed by atoms with Gasteiger partial charge in [0.15, 0.2) is 0 Å². The number of aliphatic hydroxyl groups is 1. The van der Waals surface area contributed by atoms with Crippen molar-refractivity contribution in [2.24, 2.45) is 7.05 Å². The van der Waals surface area contributed by atoms with Crippen LogP contribution < -0.4 is 0 Å². The van der Waals surface area contributed by atoms with E-state index in [0.29, 0.717) is 11.4 Å². The maximum atomic E-state index is 11.0. The van der Waals surface area contributed by atoms with E-state index in [4.69, 9.17) is 5.11 Å². The lowest BCUT2D eigenvalue weighted by Crippen LogP contribution is -2.09. The predicted molar refractivity (Wildman–Crippen MR) is 42.7 cm³/mol. The number of rotatable bonds is 2. The highest BCUT2D eigenvalue weighted by atomic mass is 16.5. The number of aromatic nitrogens is 1. The number of hydrogen-bond acceptors (Lipinski definition) is 3. The smallest absolute Gasteiger partial charge is 0.354 e. The Hall–Kier alpha value is -1.29. The molecule has 0 atom stereocenters. The van der Waals surface area contributed by atoms with Crippen molar-refractivity contribution in [1.82, 2.24) is 4.57 Å². The van der Waals surface area contributed by atoms with Crippen LogP contribution in [-0.4, -0.2) is 22.8 Å². The molecule has 1 rings (SSSR count). The molecular formula is C8H11NO3. The van der Waals surface area contributed by atoms with Gasteiger partial charge in [0.25, 0.3) is 0 Å². The van der Waals surface area contributed by atoms with Crippen molar-refractivity contribution in [2.45, 2.75) is 6.61 Å². The molecule has 1 aromatic rings. The fourth-order valence-corrected chi connectivity index (χ4v) is 1.02. The van der Waals surface area contributed by atoms with Crippen LogP contribution in [0.15, 0.2) is 12.1 Å². The van der Waals surface area contributed by atoms with Crippen molar-refractivity contribution in [3.8, 4) is 0 Å². The number of nitrogens with zero attached hydrogens (tertiary/aromatic N) is 1. The number of carbonyl (C=O) groups is 1. The van der Waals surface area contributed by atoms with Gasteiger partial charge in [0.2, 0.25) is 0 Å². The van der Waals surface area contributed by atoms with E-state index in [0.717, 1.165) is 0 Å². The summed E-state index contributed by atoms with van der Waals surface area (Å²) in [7, 11) is 3.03. The molecule has 0 aromatic carbocycles. The molecule has 4 heteroatoms. The van der Waals surface area contributed by atoms with Gasteiger partial charge in [-0.05, 0) is 12.1 Å². The summed E-state index contributed by atoms with van der Waals surface area (Å²) in [5.41, 5.74) is 1.14. The first-order chi connectivity index (χ1) is 5.70. The Bertz CT molecular complexity index is 290. The molecule has 0 saturated heterocycles. The van der Waals surface area contributed by atoms with E-state index in [-0.39, 0.29) is 6.61 Å². The molecule has 12 heavy (non-hydrogen) atoms. The van der Waals surface area contributed by atoms with Crippen molar-refractivity contribution >= 4 is 5.97 Å². The first kappa shape index (κ1) is 8.80. The average Bonchev–Trinajstić information content (AvgIpc) is 2.45. The van der Waals surface area contributed by atoms with Gasteiger partial charge in [-0.3, -0.25) is 0 Å². The van der Waals surface area contributed by atoms with Crippen LogP contribution in [0.5, 0.6) is 0 Å². The molecule has 0 saturated carbocycles. The van der Waals surface area contributed by atoms with E-state index >= 15 is 0 Å². The average molecular weight is 169 g/mol. The highest BCUT2D eigenvalue weighted by Gasteiger charge is 2.11. The molecule has 0 radical (unpaired) electrons. The zero-order valence-corrected chi connectivity index (χ0v) is 7.07. The standard InChI is InChI=1S/C8H11NO3/c1-9-6(5-10)3-4-7(9)8(11)12-2/h3-4,10H,5H2,1-2H3. The van der Waals surface area contributed by atoms with Crippen LogP contribution >= 0.6 is 0 Å². The van der Waals surface area contributed by atoms with Crippen LogP contribution in [-0.2, 0) is 18.4 Å². The summed E-state index contributed by atoms with van der Waals surface area (Å²) in [6, 6.07) is 3.31. The Kier molecular flexibility index (Phi) is 2.50. The van der Waals surface area contributed by atoms with E-state index in [9.17, 15) is 4.79 Å². The molecule has 66 valence electrons. The van der Waals surface area contributed by atoms with Gasteiger partial charge in [-0.15, -0.1) is 0 Å². The monoisotopic (exact) mass is 169 g/mol. The number of carbonyl (C=O) groups excluding carboxylic acids is 1. The largest absolute Gasteiger partial charge is 0.464 e. The third-order valence-electron chi connectivity index (χ3n) is 1.78. The zero-order chi connectivity index (χ0) is 9.14. The summed E-state index contributed by atoms with van der Waals surface area (Å²) in [5.74, 6) is -0.391. The fourth-order valence-electron chi connectivity index (χ4n) is 1.02. The Morgan fingerprint density at radius 3 is 2.75 bits per heavy atom. The van der Waals surface area contributed by atoms with Crippen LogP contribution in [0.2, 0.25) is 0 Å². The van der Waals surface area contributed by atoms with Crippen LogP contribution in [0, 0.1) is 0 Å². The maximum absolute atomic E-state index is 11.0. The Labute approximate surface area is 70.4 Å². The van der Waals surface area contributed by atoms with E-state index < -0.39 is 5.97 Å². The van der Waals surface area contributed by atoms with Gasteiger partial charge < -0.3 is 14.4 Å². The molecule has 0 aliphatic heterocycles. The van der Waals surface area contributed by atoms with Gasteiger partial charge in [0.05, 0.1) is 13.7 Å². The number of methoxy groups -OCH3 is 1. The van der Waals surface area contributed by atoms with E-state index in [1.165, 1.54) is 7.11 Å². The molecular weight excluding hydrogens is 158 g/mol. The topological polar surface area (TPSA) is 51.5 Å². The van der Waals surface area contributed by atoms with E-state index in [2.05, 4.69) is 4.74 Å². The van der Waals surface area contributed by atoms with Crippen LogP contribution in [0.25, 0.3) is 0 Å². The van der Waals surface area contributed by atoms with Gasteiger partial charge in [-0.2, -0.15) is 0 Å². The number of ether oxygens (including phenoxy) is 1. The third-order valence-corrected chi connectivity index (χ3v) is 1.78. The molecule has 0 fully saturated rings. The lowest BCUT2D eigenvalue weighted by Gasteiger charge is -2.03. The summed E-state index contributed by atoms with van der Waals surface area (Å²) in [4.78, 5) is 11.0. The number of hydrogen-bond donors (Lipinski definition) is 1. The van der Waals surface area contributed by atoms with Crippen LogP contribution in [0.4, 0.5) is 0 Å². The summed E-state index contributed by atoms with van der Waals surface area (Å²) >= 11 is 0. The molecule has 1 aromatic heterocycles. The summed E-state index contributed by atoms with van der Waals surface area (Å²) in [6.07, 6.45) is 0. The molecule has 4 nitrogen and oxygen atoms in total. The first-order valence-corrected chi connectivity index (χ1v) is 3.54. The maximum Gasteiger partial charge on any atom is 0.354 e. The molecule has 0 bridgehead atoms. The summed E-state index contributed by atoms with van der Waals surface area (Å²) in [6.45, 7) is -0.0759. The fraction of sp³-hybridized carbons (Fsp3) is 0.375. The Morgan fingerprint density at radius 1 is 1.67 bits per heavy atom. The second-order valence-electron chi connectivity index (χ2n) is 2.42. The normalized spacial score (nSPS) is 9.92. The second-order valence-corrected chi connectivity index (χ2v) is 2.42. The van der Waals surface area contributed by atoms with Crippen LogP contribution in [0.3, 0.4) is 0 Å². The summed E-state index contributed by atoms with van der Waals surface area (Å²) < 4.78 is 6.14. The number of aliphatic hydroxyl groups excluding tert-OH is 1. The van der Waals surface area contributed by atoms with Gasteiger partial charge in [0.1, 0.15) is 5.69 Å². The summed E-state index contributed by atoms with van der Waals surface area (Å²) in [5, 5.41) is 8.81. The molecule has 0 amide bonds. The molecule has 0 spiro atoms. The minimum Gasteiger partial charge on any atom is -0.464 e. The van der Waals surface area contributed by atoms with Crippen molar-refractivity contribution in [1.29, 1.82) is 0 Å². The van der Waals surface area contributed by atoms with Gasteiger partial charge in [-0.25, -0.2) is 4.79 Å². The van der Waals surface area contributed by atoms with Crippen molar-refractivity contribution in [3.63, 3.8) is 0 Å². The van der Waals surface area contributed by atoms with Crippen molar-refractivity contribution < 1.29 is 14.6 Å². The quantitative estimate of drug-likeness (QED) is 0.648. The van der Waals surface area contributed by atoms with Gasteiger partial charge >= 0.3 is 5.97 Å². The lowest BCUT2D eigenvalue weighted by atomic mass is 10.4. The molecule has 0 aliphatic carbocycles. The molecule has 0 aliphatic rings. The second kappa shape index (κ2) is 3.40. The van der Waals surface area contributed by atoms with Crippen molar-refractivity contribution in [2.75, 3.05) is 7.11 Å². The van der Waals surface area contributed by atoms with E-state index in [1.54, 1.807) is 23.7 Å².